The van der Waals surface area contributed by atoms with E-state index in [0.717, 1.165) is 26.9 Å². The van der Waals surface area contributed by atoms with Crippen LogP contribution in [0.1, 0.15) is 48.8 Å². The molecule has 0 saturated carbocycles. The molecule has 3 aromatic carbocycles. The van der Waals surface area contributed by atoms with Gasteiger partial charge in [0.15, 0.2) is 16.0 Å². The lowest BCUT2D eigenvalue weighted by atomic mass is 9.94. The number of anilines is 2. The Bertz CT molecular complexity index is 1950. The van der Waals surface area contributed by atoms with Gasteiger partial charge in [-0.25, -0.2) is 14.8 Å². The molecule has 6 rings (SSSR count). The Morgan fingerprint density at radius 2 is 1.98 bits per heavy atom. The number of aromatic carboxylic acids is 1. The molecule has 46 heavy (non-hydrogen) atoms. The number of benzene rings is 3. The predicted octanol–water partition coefficient (Wildman–Crippen LogP) is 6.50. The number of nitrogens with zero attached hydrogens (tertiary/aromatic N) is 3. The second kappa shape index (κ2) is 14.3. The predicted molar refractivity (Wildman–Crippen MR) is 184 cm³/mol. The van der Waals surface area contributed by atoms with Gasteiger partial charge in [-0.1, -0.05) is 59.0 Å². The Labute approximate surface area is 279 Å². The van der Waals surface area contributed by atoms with Gasteiger partial charge in [-0.05, 0) is 73.8 Å². The van der Waals surface area contributed by atoms with Crippen molar-refractivity contribution in [1.82, 2.24) is 15.3 Å². The number of rotatable bonds is 10. The van der Waals surface area contributed by atoms with E-state index in [0.29, 0.717) is 77.0 Å². The molecule has 9 nitrogen and oxygen atoms in total. The van der Waals surface area contributed by atoms with Crippen LogP contribution >= 0.6 is 34.3 Å². The molecule has 1 amide bonds. The zero-order valence-corrected chi connectivity index (χ0v) is 27.3. The zero-order valence-electron chi connectivity index (χ0n) is 24.9. The molecule has 1 aliphatic heterocycles. The molecule has 0 aliphatic carbocycles. The van der Waals surface area contributed by atoms with Crippen LogP contribution in [0.4, 0.5) is 10.3 Å². The van der Waals surface area contributed by atoms with E-state index in [1.807, 2.05) is 55.6 Å². The third-order valence-electron chi connectivity index (χ3n) is 7.43. The summed E-state index contributed by atoms with van der Waals surface area (Å²) in [6.07, 6.45) is 1.79. The Balaban J connectivity index is 1.12. The van der Waals surface area contributed by atoms with Gasteiger partial charge in [0, 0.05) is 29.1 Å². The molecule has 0 unspecified atom stereocenters. The minimum Gasteiger partial charge on any atom is -0.492 e. The molecule has 12 heteroatoms. The number of hydrogen-bond donors (Lipinski definition) is 3. The highest BCUT2D eigenvalue weighted by molar-refractivity contribution is 7.22. The van der Waals surface area contributed by atoms with Gasteiger partial charge in [-0.3, -0.25) is 10.1 Å². The van der Waals surface area contributed by atoms with E-state index >= 15 is 0 Å². The van der Waals surface area contributed by atoms with Gasteiger partial charge in [0.05, 0.1) is 28.4 Å². The summed E-state index contributed by atoms with van der Waals surface area (Å²) < 4.78 is 6.89. The smallest absolute Gasteiger partial charge is 0.355 e. The highest BCUT2D eigenvalue weighted by Crippen LogP contribution is 2.34. The molecule has 3 N–H and O–H groups in total. The van der Waals surface area contributed by atoms with Crippen LogP contribution < -0.4 is 20.3 Å². The third kappa shape index (κ3) is 7.16. The number of nitrogens with one attached hydrogen (secondary N) is 2. The van der Waals surface area contributed by atoms with Crippen LogP contribution in [0.25, 0.3) is 10.2 Å². The first-order valence-corrected chi connectivity index (χ1v) is 16.7. The first-order valence-electron chi connectivity index (χ1n) is 14.7. The highest BCUT2D eigenvalue weighted by Gasteiger charge is 2.26. The van der Waals surface area contributed by atoms with Crippen molar-refractivity contribution in [2.75, 3.05) is 37.0 Å². The van der Waals surface area contributed by atoms with Gasteiger partial charge in [-0.2, -0.15) is 0 Å². The monoisotopic (exact) mass is 671 g/mol. The van der Waals surface area contributed by atoms with Gasteiger partial charge in [0.1, 0.15) is 5.75 Å². The van der Waals surface area contributed by atoms with E-state index in [-0.39, 0.29) is 11.6 Å². The van der Waals surface area contributed by atoms with Crippen molar-refractivity contribution in [1.29, 1.82) is 0 Å². The minimum atomic E-state index is -1.07. The van der Waals surface area contributed by atoms with E-state index < -0.39 is 5.97 Å². The summed E-state index contributed by atoms with van der Waals surface area (Å²) in [7, 11) is 1.84. The van der Waals surface area contributed by atoms with Gasteiger partial charge < -0.3 is 20.1 Å². The molecule has 0 bridgehead atoms. The Morgan fingerprint density at radius 3 is 2.78 bits per heavy atom. The quantitative estimate of drug-likeness (QED) is 0.114. The van der Waals surface area contributed by atoms with Crippen molar-refractivity contribution in [3.63, 3.8) is 0 Å². The molecule has 234 valence electrons. The fraction of sp³-hybridized carbons (Fsp3) is 0.235. The number of ether oxygens (including phenoxy) is 1. The van der Waals surface area contributed by atoms with E-state index in [1.165, 1.54) is 22.7 Å². The molecule has 1 aliphatic rings. The van der Waals surface area contributed by atoms with Crippen LogP contribution in [0.15, 0.2) is 60.7 Å². The molecule has 0 spiro atoms. The number of hydrogen-bond acceptors (Lipinski definition) is 9. The van der Waals surface area contributed by atoms with E-state index in [2.05, 4.69) is 37.3 Å². The summed E-state index contributed by atoms with van der Waals surface area (Å²) in [5.41, 5.74) is 4.27. The largest absolute Gasteiger partial charge is 0.492 e. The maximum absolute atomic E-state index is 13.4. The highest BCUT2D eigenvalue weighted by atomic mass is 35.5. The van der Waals surface area contributed by atoms with E-state index in [1.54, 1.807) is 12.1 Å². The van der Waals surface area contributed by atoms with Gasteiger partial charge in [-0.15, -0.1) is 11.3 Å². The minimum absolute atomic E-state index is 0.0511. The van der Waals surface area contributed by atoms with E-state index in [4.69, 9.17) is 16.3 Å². The second-order valence-corrected chi connectivity index (χ2v) is 13.1. The number of amides is 1. The SMILES string of the molecule is CNCC#Cc1ccc(OCCCc2sc(N3CCc4cccc(C(=O)Nc5nc6ccccc6s5)c4C3)nc2C(=O)O)c(Cl)c1. The maximum Gasteiger partial charge on any atom is 0.355 e. The summed E-state index contributed by atoms with van der Waals surface area (Å²) in [6, 6.07) is 18.9. The van der Waals surface area contributed by atoms with Crippen LogP contribution in [0.5, 0.6) is 5.75 Å². The first-order chi connectivity index (χ1) is 22.4. The van der Waals surface area contributed by atoms with Crippen molar-refractivity contribution in [3.8, 4) is 17.6 Å². The van der Waals surface area contributed by atoms with Crippen LogP contribution in [-0.2, 0) is 19.4 Å². The van der Waals surface area contributed by atoms with Gasteiger partial charge in [0.25, 0.3) is 5.91 Å². The summed E-state index contributed by atoms with van der Waals surface area (Å²) in [4.78, 5) is 37.3. The molecular formula is C34H30ClN5O4S2. The molecule has 5 aromatic rings. The number of thiazole rings is 2. The van der Waals surface area contributed by atoms with Crippen molar-refractivity contribution in [3.05, 3.63) is 98.5 Å². The lowest BCUT2D eigenvalue weighted by Crippen LogP contribution is -2.32. The van der Waals surface area contributed by atoms with Crippen molar-refractivity contribution in [2.45, 2.75) is 25.8 Å². The zero-order chi connectivity index (χ0) is 32.0. The number of carboxylic acids is 1. The van der Waals surface area contributed by atoms with Crippen molar-refractivity contribution >= 4 is 66.6 Å². The van der Waals surface area contributed by atoms with E-state index in [9.17, 15) is 14.7 Å². The summed E-state index contributed by atoms with van der Waals surface area (Å²) >= 11 is 9.20. The van der Waals surface area contributed by atoms with Crippen LogP contribution in [0.2, 0.25) is 5.02 Å². The molecule has 0 fully saturated rings. The Hall–Kier alpha value is -4.47. The topological polar surface area (TPSA) is 117 Å². The fourth-order valence-corrected chi connectivity index (χ4v) is 7.42. The third-order valence-corrected chi connectivity index (χ3v) is 9.85. The number of aryl methyl sites for hydroxylation is 1. The Morgan fingerprint density at radius 1 is 1.11 bits per heavy atom. The maximum atomic E-state index is 13.4. The van der Waals surface area contributed by atoms with Gasteiger partial charge in [0.2, 0.25) is 0 Å². The standard InChI is InChI=1S/C34H30ClN5O4S2/c1-36-16-5-7-21-13-14-27(25(35)19-21)44-18-6-12-29-30(32(42)43)38-34(46-29)40-17-15-22-8-4-9-23(24(22)20-40)31(41)39-33-37-26-10-2-3-11-28(26)45-33/h2-4,8-11,13-14,19,36H,6,12,15-18,20H2,1H3,(H,42,43)(H,37,39,41). The van der Waals surface area contributed by atoms with Crippen LogP contribution in [-0.4, -0.2) is 53.7 Å². The molecule has 3 heterocycles. The number of para-hydroxylation sites is 1. The lowest BCUT2D eigenvalue weighted by molar-refractivity contribution is 0.0690. The number of aromatic nitrogens is 2. The van der Waals surface area contributed by atoms with Gasteiger partial charge >= 0.3 is 5.97 Å². The average Bonchev–Trinajstić information content (AvgIpc) is 3.67. The molecule has 0 radical (unpaired) electrons. The average molecular weight is 672 g/mol. The number of halogens is 1. The lowest BCUT2D eigenvalue weighted by Gasteiger charge is -2.29. The molecule has 0 saturated heterocycles. The number of carbonyl (C=O) groups excluding carboxylic acids is 1. The normalized spacial score (nSPS) is 12.3. The summed E-state index contributed by atoms with van der Waals surface area (Å²) in [5.74, 6) is 5.30. The van der Waals surface area contributed by atoms with Crippen LogP contribution in [0, 0.1) is 11.8 Å². The number of carbonyl (C=O) groups is 2. The molecule has 2 aromatic heterocycles. The summed E-state index contributed by atoms with van der Waals surface area (Å²) in [5, 5.41) is 17.5. The second-order valence-electron chi connectivity index (χ2n) is 10.6. The number of carboxylic acid groups (broad SMARTS) is 1. The van der Waals surface area contributed by atoms with Crippen molar-refractivity contribution in [2.24, 2.45) is 0 Å². The van der Waals surface area contributed by atoms with Crippen molar-refractivity contribution < 1.29 is 19.4 Å². The fourth-order valence-electron chi connectivity index (χ4n) is 5.20. The summed E-state index contributed by atoms with van der Waals surface area (Å²) in [6.45, 7) is 2.06. The van der Waals surface area contributed by atoms with Crippen LogP contribution in [0.3, 0.4) is 0 Å². The molecule has 0 atom stereocenters. The molecular weight excluding hydrogens is 642 g/mol. The number of fused-ring (bicyclic) bond motifs is 2. The first kappa shape index (κ1) is 31.5. The Kier molecular flexibility index (Phi) is 9.80.